The lowest BCUT2D eigenvalue weighted by atomic mass is 9.77. The Morgan fingerprint density at radius 3 is 2.59 bits per heavy atom. The van der Waals surface area contributed by atoms with Gasteiger partial charge in [0.15, 0.2) is 5.78 Å². The largest absolute Gasteiger partial charge is 0.478 e. The van der Waals surface area contributed by atoms with E-state index in [4.69, 9.17) is 23.2 Å². The predicted molar refractivity (Wildman–Crippen MR) is 111 cm³/mol. The summed E-state index contributed by atoms with van der Waals surface area (Å²) in [5.41, 5.74) is 2.41. The van der Waals surface area contributed by atoms with Gasteiger partial charge in [-0.2, -0.15) is 0 Å². The van der Waals surface area contributed by atoms with Gasteiger partial charge in [-0.1, -0.05) is 35.3 Å². The number of rotatable bonds is 3. The Balaban J connectivity index is 1.87. The van der Waals surface area contributed by atoms with Crippen molar-refractivity contribution in [2.24, 2.45) is 0 Å². The van der Waals surface area contributed by atoms with Crippen molar-refractivity contribution in [2.45, 2.75) is 31.6 Å². The number of ketones is 1. The van der Waals surface area contributed by atoms with Crippen molar-refractivity contribution >= 4 is 46.5 Å². The first-order valence-corrected chi connectivity index (χ1v) is 10.00. The molecule has 1 N–H and O–H groups in total. The lowest BCUT2D eigenvalue weighted by Gasteiger charge is -2.38. The monoisotopic (exact) mass is 429 g/mol. The number of anilines is 1. The summed E-state index contributed by atoms with van der Waals surface area (Å²) in [4.78, 5) is 39.0. The molecular formula is C22H17Cl2NO4. The zero-order valence-electron chi connectivity index (χ0n) is 15.3. The Bertz CT molecular complexity index is 1080. The molecule has 0 saturated heterocycles. The third kappa shape index (κ3) is 3.56. The van der Waals surface area contributed by atoms with Gasteiger partial charge >= 0.3 is 5.97 Å². The van der Waals surface area contributed by atoms with Crippen LogP contribution >= 0.6 is 23.2 Å². The van der Waals surface area contributed by atoms with Crippen LogP contribution in [0.5, 0.6) is 0 Å². The highest BCUT2D eigenvalue weighted by Crippen LogP contribution is 2.44. The van der Waals surface area contributed by atoms with E-state index < -0.39 is 5.97 Å². The van der Waals surface area contributed by atoms with Gasteiger partial charge in [0, 0.05) is 40.7 Å². The smallest absolute Gasteiger partial charge is 0.337 e. The van der Waals surface area contributed by atoms with E-state index in [0.29, 0.717) is 41.2 Å². The summed E-state index contributed by atoms with van der Waals surface area (Å²) in [7, 11) is 0. The first-order chi connectivity index (χ1) is 13.9. The maximum absolute atomic E-state index is 13.2. The topological polar surface area (TPSA) is 74.7 Å². The quantitative estimate of drug-likeness (QED) is 0.725. The molecule has 4 rings (SSSR count). The number of allylic oxidation sites excluding steroid dienone is 2. The molecule has 2 aromatic rings. The van der Waals surface area contributed by atoms with E-state index in [1.807, 2.05) is 6.07 Å². The van der Waals surface area contributed by atoms with E-state index in [-0.39, 0.29) is 34.6 Å². The van der Waals surface area contributed by atoms with Gasteiger partial charge in [-0.25, -0.2) is 4.79 Å². The van der Waals surface area contributed by atoms with Crippen LogP contribution in [0, 0.1) is 0 Å². The minimum atomic E-state index is -1.17. The molecule has 2 aromatic carbocycles. The van der Waals surface area contributed by atoms with Crippen LogP contribution in [0.1, 0.15) is 47.5 Å². The Morgan fingerprint density at radius 2 is 1.86 bits per heavy atom. The van der Waals surface area contributed by atoms with Crippen molar-refractivity contribution < 1.29 is 19.5 Å². The third-order valence-corrected chi connectivity index (χ3v) is 5.93. The van der Waals surface area contributed by atoms with E-state index in [1.54, 1.807) is 24.3 Å². The van der Waals surface area contributed by atoms with E-state index >= 15 is 0 Å². The molecule has 29 heavy (non-hydrogen) atoms. The van der Waals surface area contributed by atoms with Crippen LogP contribution in [0.15, 0.2) is 53.7 Å². The molecule has 0 aromatic heterocycles. The molecule has 5 nitrogen and oxygen atoms in total. The van der Waals surface area contributed by atoms with Gasteiger partial charge in [-0.15, -0.1) is 0 Å². The van der Waals surface area contributed by atoms with E-state index in [1.165, 1.54) is 17.0 Å². The van der Waals surface area contributed by atoms with Crippen LogP contribution in [0.2, 0.25) is 10.0 Å². The summed E-state index contributed by atoms with van der Waals surface area (Å²) < 4.78 is 0. The maximum Gasteiger partial charge on any atom is 0.337 e. The van der Waals surface area contributed by atoms with Gasteiger partial charge in [0.25, 0.3) is 0 Å². The second kappa shape index (κ2) is 7.65. The number of benzene rings is 2. The van der Waals surface area contributed by atoms with Crippen molar-refractivity contribution in [1.29, 1.82) is 0 Å². The number of aromatic carboxylic acids is 1. The number of nitrogens with zero attached hydrogens (tertiary/aromatic N) is 1. The molecule has 0 bridgehead atoms. The zero-order chi connectivity index (χ0) is 20.7. The molecule has 1 amide bonds. The summed E-state index contributed by atoms with van der Waals surface area (Å²) in [5.74, 6) is -1.71. The Kier molecular flexibility index (Phi) is 5.19. The lowest BCUT2D eigenvalue weighted by molar-refractivity contribution is -0.119. The van der Waals surface area contributed by atoms with E-state index in [0.717, 1.165) is 5.56 Å². The van der Waals surface area contributed by atoms with Crippen LogP contribution in [0.3, 0.4) is 0 Å². The third-order valence-electron chi connectivity index (χ3n) is 5.36. The SMILES string of the molecule is O=C1CCCC2=C1C(c1cccc(Cl)c1)CC(=O)N2c1ccc(Cl)c(C(=O)O)c1. The van der Waals surface area contributed by atoms with Crippen LogP contribution in [0.25, 0.3) is 0 Å². The highest BCUT2D eigenvalue weighted by molar-refractivity contribution is 6.33. The predicted octanol–water partition coefficient (Wildman–Crippen LogP) is 5.22. The Hall–Kier alpha value is -2.63. The molecular weight excluding hydrogens is 413 g/mol. The number of carbonyl (C=O) groups excluding carboxylic acids is 2. The normalized spacial score (nSPS) is 19.4. The molecule has 1 aliphatic carbocycles. The summed E-state index contributed by atoms with van der Waals surface area (Å²) in [5, 5.41) is 10.0. The van der Waals surface area contributed by atoms with Crippen molar-refractivity contribution in [3.8, 4) is 0 Å². The van der Waals surface area contributed by atoms with Gasteiger partial charge in [0.1, 0.15) is 0 Å². The molecule has 2 aliphatic rings. The van der Waals surface area contributed by atoms with Crippen molar-refractivity contribution in [1.82, 2.24) is 0 Å². The molecule has 1 aliphatic heterocycles. The van der Waals surface area contributed by atoms with Gasteiger partial charge in [-0.3, -0.25) is 14.5 Å². The second-order valence-corrected chi connectivity index (χ2v) is 7.99. The highest BCUT2D eigenvalue weighted by Gasteiger charge is 2.40. The summed E-state index contributed by atoms with van der Waals surface area (Å²) in [6.45, 7) is 0. The van der Waals surface area contributed by atoms with Crippen molar-refractivity contribution in [3.63, 3.8) is 0 Å². The van der Waals surface area contributed by atoms with Crippen molar-refractivity contribution in [3.05, 3.63) is 74.9 Å². The lowest BCUT2D eigenvalue weighted by Crippen LogP contribution is -2.40. The van der Waals surface area contributed by atoms with Gasteiger partial charge in [0.2, 0.25) is 5.91 Å². The minimum Gasteiger partial charge on any atom is -0.478 e. The van der Waals surface area contributed by atoms with Crippen LogP contribution in [-0.2, 0) is 9.59 Å². The number of amides is 1. The molecule has 0 radical (unpaired) electrons. The van der Waals surface area contributed by atoms with Gasteiger partial charge in [0.05, 0.1) is 10.6 Å². The first-order valence-electron chi connectivity index (χ1n) is 9.24. The van der Waals surface area contributed by atoms with Gasteiger partial charge in [-0.05, 0) is 48.7 Å². The second-order valence-electron chi connectivity index (χ2n) is 7.15. The maximum atomic E-state index is 13.2. The van der Waals surface area contributed by atoms with E-state index in [2.05, 4.69) is 0 Å². The number of Topliss-reactive ketones (excluding diaryl/α,β-unsaturated/α-hetero) is 1. The van der Waals surface area contributed by atoms with Gasteiger partial charge < -0.3 is 5.11 Å². The zero-order valence-corrected chi connectivity index (χ0v) is 16.8. The molecule has 0 saturated carbocycles. The number of carbonyl (C=O) groups is 3. The average Bonchev–Trinajstić information content (AvgIpc) is 2.68. The fourth-order valence-corrected chi connectivity index (χ4v) is 4.51. The average molecular weight is 430 g/mol. The number of carboxylic acids is 1. The summed E-state index contributed by atoms with van der Waals surface area (Å²) in [6, 6.07) is 11.7. The van der Waals surface area contributed by atoms with E-state index in [9.17, 15) is 19.5 Å². The molecule has 148 valence electrons. The van der Waals surface area contributed by atoms with Crippen LogP contribution in [0.4, 0.5) is 5.69 Å². The minimum absolute atomic E-state index is 0.0150. The number of halogens is 2. The van der Waals surface area contributed by atoms with Crippen LogP contribution < -0.4 is 4.90 Å². The molecule has 1 atom stereocenters. The summed E-state index contributed by atoms with van der Waals surface area (Å²) >= 11 is 12.1. The fraction of sp³-hybridized carbons (Fsp3) is 0.227. The molecule has 0 spiro atoms. The Labute approximate surface area is 177 Å². The molecule has 1 unspecified atom stereocenters. The number of hydrogen-bond donors (Lipinski definition) is 1. The summed E-state index contributed by atoms with van der Waals surface area (Å²) in [6.07, 6.45) is 1.74. The first kappa shape index (κ1) is 19.7. The standard InChI is InChI=1S/C22H17Cl2NO4/c23-13-4-1-3-12(9-13)15-11-20(27)25(18-5-2-6-19(26)21(15)18)14-7-8-17(24)16(10-14)22(28)29/h1,3-4,7-10,15H,2,5-6,11H2,(H,28,29). The number of carboxylic acid groups (broad SMARTS) is 1. The highest BCUT2D eigenvalue weighted by atomic mass is 35.5. The van der Waals surface area contributed by atoms with Crippen molar-refractivity contribution in [2.75, 3.05) is 4.90 Å². The molecule has 1 heterocycles. The Morgan fingerprint density at radius 1 is 1.07 bits per heavy atom. The molecule has 7 heteroatoms. The fourth-order valence-electron chi connectivity index (χ4n) is 4.12. The number of hydrogen-bond acceptors (Lipinski definition) is 3. The molecule has 0 fully saturated rings. The van der Waals surface area contributed by atoms with Crippen LogP contribution in [-0.4, -0.2) is 22.8 Å².